The van der Waals surface area contributed by atoms with Gasteiger partial charge in [0.1, 0.15) is 5.56 Å². The summed E-state index contributed by atoms with van der Waals surface area (Å²) in [6.07, 6.45) is 1.44. The molecule has 1 heterocycles. The van der Waals surface area contributed by atoms with Crippen molar-refractivity contribution < 1.29 is 24.2 Å². The van der Waals surface area contributed by atoms with E-state index in [1.54, 1.807) is 42.8 Å². The third-order valence-electron chi connectivity index (χ3n) is 4.16. The monoisotopic (exact) mass is 388 g/mol. The van der Waals surface area contributed by atoms with Gasteiger partial charge in [0.25, 0.3) is 0 Å². The number of benzene rings is 1. The zero-order chi connectivity index (χ0) is 20.8. The second-order valence-electron chi connectivity index (χ2n) is 6.38. The van der Waals surface area contributed by atoms with E-state index in [0.29, 0.717) is 22.6 Å². The highest BCUT2D eigenvalue weighted by atomic mass is 16.5. The van der Waals surface area contributed by atoms with Crippen molar-refractivity contribution in [3.05, 3.63) is 41.7 Å². The molecule has 150 valence electrons. The molecule has 2 N–H and O–H groups in total. The molecule has 0 aliphatic rings. The number of nitrogens with one attached hydrogen (secondary N) is 1. The van der Waals surface area contributed by atoms with Crippen molar-refractivity contribution in [2.24, 2.45) is 5.92 Å². The van der Waals surface area contributed by atoms with E-state index in [-0.39, 0.29) is 13.2 Å². The fourth-order valence-electron chi connectivity index (χ4n) is 2.59. The number of carboxylic acids is 1. The molecule has 1 unspecified atom stereocenters. The summed E-state index contributed by atoms with van der Waals surface area (Å²) in [6, 6.07) is 6.54. The van der Waals surface area contributed by atoms with Gasteiger partial charge in [-0.2, -0.15) is 5.10 Å². The smallest absolute Gasteiger partial charge is 0.341 e. The minimum absolute atomic E-state index is 0.0853. The molecule has 1 aromatic heterocycles. The van der Waals surface area contributed by atoms with Gasteiger partial charge in [-0.15, -0.1) is 0 Å². The van der Waals surface area contributed by atoms with E-state index in [9.17, 15) is 14.4 Å². The molecule has 0 fully saturated rings. The minimum atomic E-state index is -0.965. The minimum Gasteiger partial charge on any atom is -0.481 e. The lowest BCUT2D eigenvalue weighted by atomic mass is 10.2. The summed E-state index contributed by atoms with van der Waals surface area (Å²) in [5, 5.41) is 15.9. The van der Waals surface area contributed by atoms with E-state index < -0.39 is 23.9 Å². The summed E-state index contributed by atoms with van der Waals surface area (Å²) in [6.45, 7) is 5.39. The lowest BCUT2D eigenvalue weighted by molar-refractivity contribution is -0.141. The van der Waals surface area contributed by atoms with E-state index in [1.807, 2.05) is 0 Å². The van der Waals surface area contributed by atoms with Crippen molar-refractivity contribution in [2.75, 3.05) is 25.5 Å². The van der Waals surface area contributed by atoms with Crippen molar-refractivity contribution in [3.63, 3.8) is 0 Å². The Labute approximate surface area is 162 Å². The maximum Gasteiger partial charge on any atom is 0.341 e. The summed E-state index contributed by atoms with van der Waals surface area (Å²) in [7, 11) is 1.53. The number of carboxylic acid groups (broad SMARTS) is 1. The van der Waals surface area contributed by atoms with E-state index in [2.05, 4.69) is 10.4 Å². The Morgan fingerprint density at radius 2 is 2.07 bits per heavy atom. The molecule has 1 atom stereocenters. The van der Waals surface area contributed by atoms with Gasteiger partial charge >= 0.3 is 18.0 Å². The van der Waals surface area contributed by atoms with Crippen LogP contribution in [0.2, 0.25) is 0 Å². The van der Waals surface area contributed by atoms with Gasteiger partial charge in [0, 0.05) is 19.3 Å². The molecule has 2 amide bonds. The van der Waals surface area contributed by atoms with Crippen molar-refractivity contribution in [1.82, 2.24) is 14.7 Å². The molecule has 0 radical (unpaired) electrons. The van der Waals surface area contributed by atoms with Crippen LogP contribution in [0, 0.1) is 12.8 Å². The molecule has 0 aliphatic carbocycles. The van der Waals surface area contributed by atoms with Gasteiger partial charge in [-0.25, -0.2) is 14.3 Å². The van der Waals surface area contributed by atoms with Crippen LogP contribution in [0.5, 0.6) is 0 Å². The molecular weight excluding hydrogens is 364 g/mol. The maximum absolute atomic E-state index is 12.3. The number of esters is 1. The van der Waals surface area contributed by atoms with Gasteiger partial charge < -0.3 is 20.1 Å². The third kappa shape index (κ3) is 4.87. The zero-order valence-corrected chi connectivity index (χ0v) is 16.3. The molecule has 28 heavy (non-hydrogen) atoms. The number of rotatable bonds is 7. The highest BCUT2D eigenvalue weighted by molar-refractivity contribution is 5.91. The molecule has 0 spiro atoms. The van der Waals surface area contributed by atoms with Crippen LogP contribution >= 0.6 is 0 Å². The third-order valence-corrected chi connectivity index (χ3v) is 4.16. The number of hydrogen-bond donors (Lipinski definition) is 2. The second-order valence-corrected chi connectivity index (χ2v) is 6.38. The summed E-state index contributed by atoms with van der Waals surface area (Å²) in [4.78, 5) is 36.5. The average molecular weight is 388 g/mol. The topological polar surface area (TPSA) is 114 Å². The number of carbonyl (C=O) groups is 3. The van der Waals surface area contributed by atoms with E-state index in [4.69, 9.17) is 9.84 Å². The molecule has 0 saturated heterocycles. The summed E-state index contributed by atoms with van der Waals surface area (Å²) >= 11 is 0. The van der Waals surface area contributed by atoms with Gasteiger partial charge in [-0.3, -0.25) is 4.79 Å². The molecule has 0 aliphatic heterocycles. The lowest BCUT2D eigenvalue weighted by Gasteiger charge is -2.20. The highest BCUT2D eigenvalue weighted by Crippen LogP contribution is 2.19. The Kier molecular flexibility index (Phi) is 6.75. The fraction of sp³-hybridized carbons (Fsp3) is 0.368. The average Bonchev–Trinajstić information content (AvgIpc) is 3.03. The van der Waals surface area contributed by atoms with Gasteiger partial charge in [0.05, 0.1) is 30.1 Å². The lowest BCUT2D eigenvalue weighted by Crippen LogP contribution is -2.36. The van der Waals surface area contributed by atoms with Gasteiger partial charge in [0.2, 0.25) is 0 Å². The number of aliphatic carboxylic acids is 1. The molecule has 9 heteroatoms. The first kappa shape index (κ1) is 20.9. The van der Waals surface area contributed by atoms with Crippen LogP contribution in [0.15, 0.2) is 30.5 Å². The SMILES string of the molecule is CCOC(=O)c1cnn(-c2cccc(NC(=O)N(C)CC(C)C(=O)O)c2)c1C. The Hall–Kier alpha value is -3.36. The summed E-state index contributed by atoms with van der Waals surface area (Å²) < 4.78 is 6.59. The Bertz CT molecular complexity index is 877. The molecule has 1 aromatic carbocycles. The van der Waals surface area contributed by atoms with Gasteiger partial charge in [0.15, 0.2) is 0 Å². The van der Waals surface area contributed by atoms with Crippen LogP contribution < -0.4 is 5.32 Å². The number of amides is 2. The first-order valence-electron chi connectivity index (χ1n) is 8.81. The number of anilines is 1. The van der Waals surface area contributed by atoms with Gasteiger partial charge in [-0.05, 0) is 32.0 Å². The van der Waals surface area contributed by atoms with Crippen LogP contribution in [0.1, 0.15) is 29.9 Å². The van der Waals surface area contributed by atoms with Crippen LogP contribution in [0.3, 0.4) is 0 Å². The molecule has 0 saturated carbocycles. The fourth-order valence-corrected chi connectivity index (χ4v) is 2.59. The number of urea groups is 1. The predicted molar refractivity (Wildman–Crippen MR) is 103 cm³/mol. The van der Waals surface area contributed by atoms with Crippen LogP contribution in [-0.4, -0.2) is 58.0 Å². The summed E-state index contributed by atoms with van der Waals surface area (Å²) in [5.74, 6) is -2.08. The number of ether oxygens (including phenoxy) is 1. The van der Waals surface area contributed by atoms with Gasteiger partial charge in [-0.1, -0.05) is 13.0 Å². The summed E-state index contributed by atoms with van der Waals surface area (Å²) in [5.41, 5.74) is 2.17. The Balaban J connectivity index is 2.15. The largest absolute Gasteiger partial charge is 0.481 e. The Morgan fingerprint density at radius 1 is 1.36 bits per heavy atom. The maximum atomic E-state index is 12.3. The molecular formula is C19H24N4O5. The molecule has 2 aromatic rings. The number of nitrogens with zero attached hydrogens (tertiary/aromatic N) is 3. The van der Waals surface area contributed by atoms with Crippen molar-refractivity contribution in [2.45, 2.75) is 20.8 Å². The van der Waals surface area contributed by atoms with Crippen molar-refractivity contribution in [3.8, 4) is 5.69 Å². The van der Waals surface area contributed by atoms with Crippen LogP contribution in [-0.2, 0) is 9.53 Å². The quantitative estimate of drug-likeness (QED) is 0.705. The van der Waals surface area contributed by atoms with E-state index >= 15 is 0 Å². The molecule has 9 nitrogen and oxygen atoms in total. The standard InChI is InChI=1S/C19H24N4O5/c1-5-28-18(26)16-10-20-23(13(16)3)15-8-6-7-14(9-15)21-19(27)22(4)11-12(2)17(24)25/h6-10,12H,5,11H2,1-4H3,(H,21,27)(H,24,25). The second kappa shape index (κ2) is 9.03. The van der Waals surface area contributed by atoms with E-state index in [0.717, 1.165) is 0 Å². The number of carbonyl (C=O) groups excluding carboxylic acids is 2. The first-order valence-corrected chi connectivity index (χ1v) is 8.81. The number of hydrogen-bond acceptors (Lipinski definition) is 5. The van der Waals surface area contributed by atoms with E-state index in [1.165, 1.54) is 25.1 Å². The van der Waals surface area contributed by atoms with Crippen molar-refractivity contribution in [1.29, 1.82) is 0 Å². The highest BCUT2D eigenvalue weighted by Gasteiger charge is 2.18. The number of aromatic nitrogens is 2. The van der Waals surface area contributed by atoms with Crippen LogP contribution in [0.25, 0.3) is 5.69 Å². The predicted octanol–water partition coefficient (Wildman–Crippen LogP) is 2.54. The normalized spacial score (nSPS) is 11.6. The first-order chi connectivity index (χ1) is 13.2. The molecule has 0 bridgehead atoms. The van der Waals surface area contributed by atoms with Crippen LogP contribution in [0.4, 0.5) is 10.5 Å². The van der Waals surface area contributed by atoms with Crippen molar-refractivity contribution >= 4 is 23.7 Å². The molecule has 2 rings (SSSR count). The zero-order valence-electron chi connectivity index (χ0n) is 16.3. The Morgan fingerprint density at radius 3 is 2.71 bits per heavy atom.